The second kappa shape index (κ2) is 10.1. The molecule has 0 unspecified atom stereocenters. The normalized spacial score (nSPS) is 11.0. The number of halogens is 1. The van der Waals surface area contributed by atoms with Crippen molar-refractivity contribution in [1.82, 2.24) is 4.90 Å². The molecule has 7 nitrogen and oxygen atoms in total. The highest BCUT2D eigenvalue weighted by molar-refractivity contribution is 7.92. The Labute approximate surface area is 198 Å². The summed E-state index contributed by atoms with van der Waals surface area (Å²) in [5.41, 5.74) is 3.35. The zero-order valence-corrected chi connectivity index (χ0v) is 20.0. The van der Waals surface area contributed by atoms with E-state index >= 15 is 0 Å². The molecule has 0 aromatic heterocycles. The van der Waals surface area contributed by atoms with Crippen LogP contribution in [0.1, 0.15) is 21.5 Å². The fourth-order valence-corrected chi connectivity index (χ4v) is 4.28. The van der Waals surface area contributed by atoms with E-state index in [0.717, 1.165) is 11.1 Å². The lowest BCUT2D eigenvalue weighted by Gasteiger charge is -2.18. The van der Waals surface area contributed by atoms with E-state index in [-0.39, 0.29) is 22.9 Å². The highest BCUT2D eigenvalue weighted by Gasteiger charge is 2.18. The van der Waals surface area contributed by atoms with Crippen LogP contribution < -0.4 is 10.0 Å². The Balaban J connectivity index is 1.64. The van der Waals surface area contributed by atoms with Crippen molar-refractivity contribution in [1.29, 1.82) is 0 Å². The minimum atomic E-state index is -3.83. The summed E-state index contributed by atoms with van der Waals surface area (Å²) in [6.07, 6.45) is 0. The Morgan fingerprint density at radius 3 is 2.21 bits per heavy atom. The Hall–Kier alpha value is -3.36. The van der Waals surface area contributed by atoms with Gasteiger partial charge in [0, 0.05) is 29.0 Å². The van der Waals surface area contributed by atoms with Crippen molar-refractivity contribution in [3.8, 4) is 0 Å². The summed E-state index contributed by atoms with van der Waals surface area (Å²) in [5, 5.41) is 3.31. The molecule has 33 heavy (non-hydrogen) atoms. The Kier molecular flexibility index (Phi) is 7.40. The largest absolute Gasteiger partial charge is 0.332 e. The first kappa shape index (κ1) is 24.3. The minimum absolute atomic E-state index is 0.00400. The summed E-state index contributed by atoms with van der Waals surface area (Å²) < 4.78 is 27.6. The lowest BCUT2D eigenvalue weighted by atomic mass is 10.1. The highest BCUT2D eigenvalue weighted by atomic mass is 35.5. The number of nitrogens with one attached hydrogen (secondary N) is 2. The van der Waals surface area contributed by atoms with Gasteiger partial charge in [-0.2, -0.15) is 0 Å². The lowest BCUT2D eigenvalue weighted by Crippen LogP contribution is -2.35. The third-order valence-electron chi connectivity index (χ3n) is 5.11. The second-order valence-electron chi connectivity index (χ2n) is 7.59. The number of hydrogen-bond acceptors (Lipinski definition) is 4. The summed E-state index contributed by atoms with van der Waals surface area (Å²) in [6, 6.07) is 17.4. The molecular formula is C24H24ClN3O4S. The maximum absolute atomic E-state index is 12.7. The summed E-state index contributed by atoms with van der Waals surface area (Å²) in [7, 11) is -2.32. The molecule has 0 saturated carbocycles. The number of carbonyl (C=O) groups is 2. The maximum atomic E-state index is 12.7. The van der Waals surface area contributed by atoms with Crippen molar-refractivity contribution in [2.75, 3.05) is 23.6 Å². The molecule has 9 heteroatoms. The zero-order chi connectivity index (χ0) is 24.2. The number of amides is 2. The molecule has 3 aromatic carbocycles. The molecule has 0 aliphatic rings. The van der Waals surface area contributed by atoms with Gasteiger partial charge < -0.3 is 10.2 Å². The molecule has 0 saturated heterocycles. The molecule has 0 heterocycles. The number of benzene rings is 3. The van der Waals surface area contributed by atoms with E-state index in [9.17, 15) is 18.0 Å². The highest BCUT2D eigenvalue weighted by Crippen LogP contribution is 2.20. The summed E-state index contributed by atoms with van der Waals surface area (Å²) in [6.45, 7) is 3.72. The van der Waals surface area contributed by atoms with Crippen LogP contribution in [0.5, 0.6) is 0 Å². The van der Waals surface area contributed by atoms with Gasteiger partial charge in [-0.1, -0.05) is 23.7 Å². The van der Waals surface area contributed by atoms with Crippen LogP contribution in [0.4, 0.5) is 11.4 Å². The average molecular weight is 486 g/mol. The van der Waals surface area contributed by atoms with Gasteiger partial charge in [0.15, 0.2) is 0 Å². The average Bonchev–Trinajstić information content (AvgIpc) is 2.78. The third-order valence-corrected chi connectivity index (χ3v) is 6.76. The summed E-state index contributed by atoms with van der Waals surface area (Å²) in [5.74, 6) is -0.730. The van der Waals surface area contributed by atoms with Crippen LogP contribution in [0, 0.1) is 13.8 Å². The SMILES string of the molecule is Cc1cccc(NC(=O)CN(C)C(=O)c2ccc(S(=O)(=O)Nc3ccc(Cl)cc3)cc2)c1C. The number of likely N-dealkylation sites (N-methyl/N-ethyl adjacent to an activating group) is 1. The van der Waals surface area contributed by atoms with Crippen molar-refractivity contribution in [3.05, 3.63) is 88.4 Å². The van der Waals surface area contributed by atoms with Crippen molar-refractivity contribution in [2.24, 2.45) is 0 Å². The quantitative estimate of drug-likeness (QED) is 0.516. The van der Waals surface area contributed by atoms with Gasteiger partial charge in [-0.25, -0.2) is 8.42 Å². The van der Waals surface area contributed by atoms with Crippen molar-refractivity contribution < 1.29 is 18.0 Å². The van der Waals surface area contributed by atoms with Crippen LogP contribution in [-0.2, 0) is 14.8 Å². The fourth-order valence-electron chi connectivity index (χ4n) is 3.09. The first-order valence-corrected chi connectivity index (χ1v) is 11.9. The van der Waals surface area contributed by atoms with Crippen LogP contribution in [0.2, 0.25) is 5.02 Å². The first-order chi connectivity index (χ1) is 15.6. The molecule has 0 spiro atoms. The number of anilines is 2. The van der Waals surface area contributed by atoms with Crippen LogP contribution in [0.15, 0.2) is 71.6 Å². The van der Waals surface area contributed by atoms with Crippen LogP contribution in [0.3, 0.4) is 0 Å². The van der Waals surface area contributed by atoms with E-state index in [1.165, 1.54) is 36.2 Å². The predicted molar refractivity (Wildman–Crippen MR) is 130 cm³/mol. The predicted octanol–water partition coefficient (Wildman–Crippen LogP) is 4.47. The van der Waals surface area contributed by atoms with Crippen LogP contribution in [0.25, 0.3) is 0 Å². The molecule has 3 aromatic rings. The molecule has 0 atom stereocenters. The monoisotopic (exact) mass is 485 g/mol. The van der Waals surface area contributed by atoms with Gasteiger partial charge in [0.1, 0.15) is 0 Å². The van der Waals surface area contributed by atoms with Gasteiger partial charge in [0.05, 0.1) is 11.4 Å². The Bertz CT molecular complexity index is 1270. The molecule has 0 radical (unpaired) electrons. The molecule has 2 N–H and O–H groups in total. The number of aryl methyl sites for hydroxylation is 1. The van der Waals surface area contributed by atoms with E-state index in [1.807, 2.05) is 26.0 Å². The standard InChI is InChI=1S/C24H24ClN3O4S/c1-16-5-4-6-22(17(16)2)26-23(29)15-28(3)24(30)18-7-13-21(14-8-18)33(31,32)27-20-11-9-19(25)10-12-20/h4-14,27H,15H2,1-3H3,(H,26,29). The van der Waals surface area contributed by atoms with Crippen LogP contribution in [-0.4, -0.2) is 38.7 Å². The zero-order valence-electron chi connectivity index (χ0n) is 18.4. The third kappa shape index (κ3) is 6.12. The molecule has 0 fully saturated rings. The molecular weight excluding hydrogens is 462 g/mol. The molecule has 0 aliphatic heterocycles. The Morgan fingerprint density at radius 2 is 1.58 bits per heavy atom. The van der Waals surface area contributed by atoms with E-state index in [1.54, 1.807) is 30.3 Å². The lowest BCUT2D eigenvalue weighted by molar-refractivity contribution is -0.116. The maximum Gasteiger partial charge on any atom is 0.261 e. The first-order valence-electron chi connectivity index (χ1n) is 10.1. The van der Waals surface area contributed by atoms with E-state index in [2.05, 4.69) is 10.0 Å². The summed E-state index contributed by atoms with van der Waals surface area (Å²) >= 11 is 5.82. The van der Waals surface area contributed by atoms with E-state index in [0.29, 0.717) is 16.4 Å². The molecule has 172 valence electrons. The number of nitrogens with zero attached hydrogens (tertiary/aromatic N) is 1. The number of carbonyl (C=O) groups excluding carboxylic acids is 2. The van der Waals surface area contributed by atoms with Gasteiger partial charge >= 0.3 is 0 Å². The van der Waals surface area contributed by atoms with Crippen molar-refractivity contribution in [3.63, 3.8) is 0 Å². The smallest absolute Gasteiger partial charge is 0.261 e. The van der Waals surface area contributed by atoms with Gasteiger partial charge in [-0.05, 0) is 79.6 Å². The van der Waals surface area contributed by atoms with E-state index in [4.69, 9.17) is 11.6 Å². The van der Waals surface area contributed by atoms with Gasteiger partial charge in [0.25, 0.3) is 15.9 Å². The Morgan fingerprint density at radius 1 is 0.939 bits per heavy atom. The summed E-state index contributed by atoms with van der Waals surface area (Å²) in [4.78, 5) is 26.4. The molecule has 0 aliphatic carbocycles. The van der Waals surface area contributed by atoms with Crippen LogP contribution >= 0.6 is 11.6 Å². The number of sulfonamides is 1. The molecule has 2 amide bonds. The molecule has 3 rings (SSSR count). The second-order valence-corrected chi connectivity index (χ2v) is 9.71. The van der Waals surface area contributed by atoms with Gasteiger partial charge in [-0.15, -0.1) is 0 Å². The van der Waals surface area contributed by atoms with Crippen molar-refractivity contribution in [2.45, 2.75) is 18.7 Å². The minimum Gasteiger partial charge on any atom is -0.332 e. The van der Waals surface area contributed by atoms with Gasteiger partial charge in [0.2, 0.25) is 5.91 Å². The number of hydrogen-bond donors (Lipinski definition) is 2. The fraction of sp³-hybridized carbons (Fsp3) is 0.167. The van der Waals surface area contributed by atoms with Gasteiger partial charge in [-0.3, -0.25) is 14.3 Å². The number of rotatable bonds is 7. The van der Waals surface area contributed by atoms with E-state index < -0.39 is 15.9 Å². The topological polar surface area (TPSA) is 95.6 Å². The van der Waals surface area contributed by atoms with Crippen molar-refractivity contribution >= 4 is 44.8 Å². The molecule has 0 bridgehead atoms.